The molecule has 7 heteroatoms. The van der Waals surface area contributed by atoms with E-state index in [1.165, 1.54) is 4.70 Å². The van der Waals surface area contributed by atoms with Gasteiger partial charge in [-0.05, 0) is 37.1 Å². The molecule has 0 fully saturated rings. The third-order valence-corrected chi connectivity index (χ3v) is 5.39. The lowest BCUT2D eigenvalue weighted by atomic mass is 10.2. The Morgan fingerprint density at radius 2 is 1.82 bits per heavy atom. The summed E-state index contributed by atoms with van der Waals surface area (Å²) in [4.78, 5) is 21.0. The Bertz CT molecular complexity index is 1030. The van der Waals surface area contributed by atoms with Gasteiger partial charge in [-0.15, -0.1) is 11.3 Å². The van der Waals surface area contributed by atoms with Crippen LogP contribution in [0.4, 0.5) is 0 Å². The first kappa shape index (κ1) is 18.3. The lowest BCUT2D eigenvalue weighted by Crippen LogP contribution is -2.25. The minimum Gasteiger partial charge on any atom is -0.356 e. The van der Waals surface area contributed by atoms with Crippen LogP contribution < -0.4 is 5.32 Å². The van der Waals surface area contributed by atoms with Crippen molar-refractivity contribution in [2.75, 3.05) is 6.54 Å². The predicted molar refractivity (Wildman–Crippen MR) is 109 cm³/mol. The number of rotatable bonds is 8. The molecule has 0 bridgehead atoms. The molecular weight excluding hydrogens is 372 g/mol. The zero-order valence-corrected chi connectivity index (χ0v) is 16.1. The van der Waals surface area contributed by atoms with Crippen molar-refractivity contribution in [3.8, 4) is 11.5 Å². The Balaban J connectivity index is 1.18. The van der Waals surface area contributed by atoms with Crippen molar-refractivity contribution in [2.45, 2.75) is 25.7 Å². The summed E-state index contributed by atoms with van der Waals surface area (Å²) in [5, 5.41) is 7.96. The molecule has 0 unspecified atom stereocenters. The second kappa shape index (κ2) is 8.75. The van der Waals surface area contributed by atoms with Gasteiger partial charge in [-0.2, -0.15) is 4.98 Å². The predicted octanol–water partition coefficient (Wildman–Crippen LogP) is 4.03. The summed E-state index contributed by atoms with van der Waals surface area (Å²) in [5.74, 6) is 1.12. The maximum atomic E-state index is 12.0. The van der Waals surface area contributed by atoms with Crippen molar-refractivity contribution in [2.24, 2.45) is 0 Å². The number of benzene rings is 2. The lowest BCUT2D eigenvalue weighted by molar-refractivity contribution is -0.121. The fourth-order valence-electron chi connectivity index (χ4n) is 2.88. The van der Waals surface area contributed by atoms with Crippen molar-refractivity contribution in [3.05, 3.63) is 65.4 Å². The van der Waals surface area contributed by atoms with Gasteiger partial charge in [0.2, 0.25) is 5.91 Å². The third kappa shape index (κ3) is 4.61. The maximum Gasteiger partial charge on any atom is 0.257 e. The molecule has 0 atom stereocenters. The number of aromatic nitrogens is 3. The summed E-state index contributed by atoms with van der Waals surface area (Å²) >= 11 is 1.69. The molecule has 0 saturated carbocycles. The Labute approximate surface area is 166 Å². The van der Waals surface area contributed by atoms with E-state index in [1.54, 1.807) is 11.3 Å². The van der Waals surface area contributed by atoms with Crippen molar-refractivity contribution in [1.82, 2.24) is 20.4 Å². The van der Waals surface area contributed by atoms with E-state index in [0.717, 1.165) is 28.9 Å². The first-order valence-electron chi connectivity index (χ1n) is 9.27. The van der Waals surface area contributed by atoms with Gasteiger partial charge in [-0.3, -0.25) is 4.79 Å². The molecule has 2 aromatic carbocycles. The highest BCUT2D eigenvalue weighted by Gasteiger charge is 2.09. The van der Waals surface area contributed by atoms with Gasteiger partial charge in [0.05, 0.1) is 15.2 Å². The minimum atomic E-state index is 0.0351. The molecule has 1 N–H and O–H groups in total. The van der Waals surface area contributed by atoms with E-state index in [2.05, 4.69) is 26.5 Å². The van der Waals surface area contributed by atoms with E-state index >= 15 is 0 Å². The lowest BCUT2D eigenvalue weighted by Gasteiger charge is -2.02. The van der Waals surface area contributed by atoms with E-state index < -0.39 is 0 Å². The number of hydrogen-bond acceptors (Lipinski definition) is 6. The van der Waals surface area contributed by atoms with Crippen molar-refractivity contribution < 1.29 is 9.32 Å². The van der Waals surface area contributed by atoms with Crippen molar-refractivity contribution in [3.63, 3.8) is 0 Å². The van der Waals surface area contributed by atoms with Gasteiger partial charge in [-0.25, -0.2) is 4.98 Å². The highest BCUT2D eigenvalue weighted by Crippen LogP contribution is 2.22. The molecule has 6 nitrogen and oxygen atoms in total. The molecule has 2 aromatic heterocycles. The summed E-state index contributed by atoms with van der Waals surface area (Å²) in [6.45, 7) is 0.494. The smallest absolute Gasteiger partial charge is 0.257 e. The third-order valence-electron chi connectivity index (χ3n) is 4.29. The molecule has 0 aliphatic heterocycles. The second-order valence-electron chi connectivity index (χ2n) is 6.41. The molecule has 0 radical (unpaired) electrons. The van der Waals surface area contributed by atoms with Crippen molar-refractivity contribution >= 4 is 27.5 Å². The highest BCUT2D eigenvalue weighted by molar-refractivity contribution is 7.18. The van der Waals surface area contributed by atoms with Crippen LogP contribution in [0.1, 0.15) is 23.7 Å². The summed E-state index contributed by atoms with van der Waals surface area (Å²) in [5.41, 5.74) is 1.92. The molecule has 4 rings (SSSR count). The molecule has 2 heterocycles. The van der Waals surface area contributed by atoms with Crippen LogP contribution in [0.15, 0.2) is 59.1 Å². The minimum absolute atomic E-state index is 0.0351. The summed E-state index contributed by atoms with van der Waals surface area (Å²) in [6, 6.07) is 17.7. The molecule has 142 valence electrons. The van der Waals surface area contributed by atoms with Crippen LogP contribution in [0, 0.1) is 0 Å². The van der Waals surface area contributed by atoms with Gasteiger partial charge in [0.1, 0.15) is 0 Å². The Morgan fingerprint density at radius 3 is 2.68 bits per heavy atom. The number of carbonyl (C=O) groups is 1. The Hall–Kier alpha value is -3.06. The number of amides is 1. The van der Waals surface area contributed by atoms with Crippen LogP contribution >= 0.6 is 11.3 Å². The number of nitrogens with one attached hydrogen (secondary N) is 1. The molecule has 0 aliphatic rings. The van der Waals surface area contributed by atoms with E-state index in [4.69, 9.17) is 4.52 Å². The SMILES string of the molecule is O=C(CCCc1nc2ccccc2s1)NCCc1noc(-c2ccccc2)n1. The zero-order chi connectivity index (χ0) is 19.2. The number of nitrogens with zero attached hydrogens (tertiary/aromatic N) is 3. The van der Waals surface area contributed by atoms with E-state index in [0.29, 0.717) is 31.1 Å². The Morgan fingerprint density at radius 1 is 1.00 bits per heavy atom. The van der Waals surface area contributed by atoms with Crippen LogP contribution in [-0.4, -0.2) is 27.6 Å². The van der Waals surface area contributed by atoms with Crippen LogP contribution in [0.25, 0.3) is 21.7 Å². The van der Waals surface area contributed by atoms with Gasteiger partial charge in [-0.1, -0.05) is 35.5 Å². The first-order chi connectivity index (χ1) is 13.8. The van der Waals surface area contributed by atoms with Gasteiger partial charge < -0.3 is 9.84 Å². The summed E-state index contributed by atoms with van der Waals surface area (Å²) < 4.78 is 6.46. The Kier molecular flexibility index (Phi) is 5.72. The van der Waals surface area contributed by atoms with Crippen molar-refractivity contribution in [1.29, 1.82) is 0 Å². The topological polar surface area (TPSA) is 80.9 Å². The standard InChI is InChI=1S/C21H20N4O2S/c26-19(11-6-12-20-23-16-9-4-5-10-17(16)28-20)22-14-13-18-24-21(27-25-18)15-7-2-1-3-8-15/h1-5,7-10H,6,11-14H2,(H,22,26). The van der Waals surface area contributed by atoms with Gasteiger partial charge >= 0.3 is 0 Å². The highest BCUT2D eigenvalue weighted by atomic mass is 32.1. The number of carbonyl (C=O) groups excluding carboxylic acids is 1. The van der Waals surface area contributed by atoms with Crippen LogP contribution in [0.5, 0.6) is 0 Å². The van der Waals surface area contributed by atoms with E-state index in [1.807, 2.05) is 48.5 Å². The maximum absolute atomic E-state index is 12.0. The first-order valence-corrected chi connectivity index (χ1v) is 10.1. The number of thiazole rings is 1. The number of para-hydroxylation sites is 1. The average Bonchev–Trinajstić information content (AvgIpc) is 3.35. The molecule has 28 heavy (non-hydrogen) atoms. The monoisotopic (exact) mass is 392 g/mol. The van der Waals surface area contributed by atoms with Crippen LogP contribution in [0.2, 0.25) is 0 Å². The normalized spacial score (nSPS) is 11.0. The fourth-order valence-corrected chi connectivity index (χ4v) is 3.89. The molecule has 4 aromatic rings. The number of hydrogen-bond donors (Lipinski definition) is 1. The molecule has 0 spiro atoms. The van der Waals surface area contributed by atoms with Gasteiger partial charge in [0, 0.05) is 24.9 Å². The van der Waals surface area contributed by atoms with E-state index in [9.17, 15) is 4.79 Å². The van der Waals surface area contributed by atoms with Crippen LogP contribution in [0.3, 0.4) is 0 Å². The van der Waals surface area contributed by atoms with Gasteiger partial charge in [0.25, 0.3) is 5.89 Å². The largest absolute Gasteiger partial charge is 0.356 e. The molecule has 0 saturated heterocycles. The molecule has 0 aliphatic carbocycles. The average molecular weight is 392 g/mol. The van der Waals surface area contributed by atoms with Gasteiger partial charge in [0.15, 0.2) is 5.82 Å². The summed E-state index contributed by atoms with van der Waals surface area (Å²) in [7, 11) is 0. The molecule has 1 amide bonds. The quantitative estimate of drug-likeness (QED) is 0.490. The van der Waals surface area contributed by atoms with E-state index in [-0.39, 0.29) is 5.91 Å². The zero-order valence-electron chi connectivity index (χ0n) is 15.3. The van der Waals surface area contributed by atoms with Crippen LogP contribution in [-0.2, 0) is 17.6 Å². The fraction of sp³-hybridized carbons (Fsp3) is 0.238. The summed E-state index contributed by atoms with van der Waals surface area (Å²) in [6.07, 6.45) is 2.63. The number of aryl methyl sites for hydroxylation is 1. The number of fused-ring (bicyclic) bond motifs is 1. The second-order valence-corrected chi connectivity index (χ2v) is 7.53. The molecular formula is C21H20N4O2S.